The standard InChI is InChI=1S/C17H28O4/c1-4-17(2,3)8-5-9-20-11-21-15-13-7-6-12(10-13)14(15)16(18)19/h6-7,12-15H,4-5,8-11H2,1-3H3,(H,18,19). The van der Waals surface area contributed by atoms with Gasteiger partial charge >= 0.3 is 5.97 Å². The Hall–Kier alpha value is -0.870. The average molecular weight is 296 g/mol. The molecule has 4 heteroatoms. The van der Waals surface area contributed by atoms with Gasteiger partial charge in [-0.2, -0.15) is 0 Å². The lowest BCUT2D eigenvalue weighted by Crippen LogP contribution is -2.34. The number of hydrogen-bond acceptors (Lipinski definition) is 3. The van der Waals surface area contributed by atoms with E-state index in [2.05, 4.69) is 26.8 Å². The zero-order valence-electron chi connectivity index (χ0n) is 13.4. The van der Waals surface area contributed by atoms with Crippen LogP contribution in [-0.4, -0.2) is 30.6 Å². The molecule has 1 N–H and O–H groups in total. The van der Waals surface area contributed by atoms with Gasteiger partial charge in [-0.1, -0.05) is 39.3 Å². The molecule has 0 aromatic carbocycles. The average Bonchev–Trinajstić information content (AvgIpc) is 3.03. The van der Waals surface area contributed by atoms with E-state index in [4.69, 9.17) is 9.47 Å². The summed E-state index contributed by atoms with van der Waals surface area (Å²) in [5, 5.41) is 9.31. The maximum atomic E-state index is 11.3. The van der Waals surface area contributed by atoms with Crippen molar-refractivity contribution in [2.45, 2.75) is 52.6 Å². The van der Waals surface area contributed by atoms with Crippen molar-refractivity contribution in [1.82, 2.24) is 0 Å². The highest BCUT2D eigenvalue weighted by atomic mass is 16.7. The molecule has 2 aliphatic carbocycles. The van der Waals surface area contributed by atoms with Crippen LogP contribution in [0.3, 0.4) is 0 Å². The normalized spacial score (nSPS) is 31.0. The molecule has 0 aromatic heterocycles. The summed E-state index contributed by atoms with van der Waals surface area (Å²) >= 11 is 0. The van der Waals surface area contributed by atoms with Crippen molar-refractivity contribution in [2.24, 2.45) is 23.2 Å². The van der Waals surface area contributed by atoms with Crippen LogP contribution in [-0.2, 0) is 14.3 Å². The second-order valence-electron chi connectivity index (χ2n) is 7.09. The Morgan fingerprint density at radius 3 is 2.71 bits per heavy atom. The molecule has 2 rings (SSSR count). The highest BCUT2D eigenvalue weighted by Gasteiger charge is 2.49. The molecule has 4 unspecified atom stereocenters. The number of fused-ring (bicyclic) bond motifs is 2. The summed E-state index contributed by atoms with van der Waals surface area (Å²) in [7, 11) is 0. The minimum Gasteiger partial charge on any atom is -0.481 e. The summed E-state index contributed by atoms with van der Waals surface area (Å²) < 4.78 is 11.2. The number of aliphatic carboxylic acids is 1. The summed E-state index contributed by atoms with van der Waals surface area (Å²) in [5.41, 5.74) is 0.369. The monoisotopic (exact) mass is 296 g/mol. The van der Waals surface area contributed by atoms with Crippen LogP contribution in [0.2, 0.25) is 0 Å². The third-order valence-corrected chi connectivity index (χ3v) is 5.12. The Labute approximate surface area is 127 Å². The van der Waals surface area contributed by atoms with Crippen LogP contribution < -0.4 is 0 Å². The van der Waals surface area contributed by atoms with Gasteiger partial charge in [0.15, 0.2) is 0 Å². The molecule has 0 amide bonds. The van der Waals surface area contributed by atoms with Crippen LogP contribution in [0.15, 0.2) is 12.2 Å². The highest BCUT2D eigenvalue weighted by molar-refractivity contribution is 5.72. The second kappa shape index (κ2) is 6.93. The van der Waals surface area contributed by atoms with Crippen molar-refractivity contribution in [2.75, 3.05) is 13.4 Å². The number of carbonyl (C=O) groups is 1. The Bertz CT molecular complexity index is 388. The molecule has 0 aromatic rings. The van der Waals surface area contributed by atoms with E-state index in [1.165, 1.54) is 6.42 Å². The fourth-order valence-electron chi connectivity index (χ4n) is 3.34. The molecule has 0 spiro atoms. The fraction of sp³-hybridized carbons (Fsp3) is 0.824. The largest absolute Gasteiger partial charge is 0.481 e. The lowest BCUT2D eigenvalue weighted by Gasteiger charge is -2.25. The zero-order chi connectivity index (χ0) is 15.5. The topological polar surface area (TPSA) is 55.8 Å². The molecule has 21 heavy (non-hydrogen) atoms. The molecule has 2 aliphatic rings. The van der Waals surface area contributed by atoms with Crippen LogP contribution in [0.1, 0.15) is 46.5 Å². The van der Waals surface area contributed by atoms with E-state index >= 15 is 0 Å². The van der Waals surface area contributed by atoms with Crippen molar-refractivity contribution >= 4 is 5.97 Å². The third kappa shape index (κ3) is 4.07. The van der Waals surface area contributed by atoms with Crippen LogP contribution in [0, 0.1) is 23.2 Å². The van der Waals surface area contributed by atoms with Gasteiger partial charge < -0.3 is 14.6 Å². The van der Waals surface area contributed by atoms with Gasteiger partial charge in [-0.25, -0.2) is 0 Å². The number of rotatable bonds is 9. The van der Waals surface area contributed by atoms with Gasteiger partial charge in [0, 0.05) is 12.5 Å². The summed E-state index contributed by atoms with van der Waals surface area (Å²) in [6.45, 7) is 7.62. The summed E-state index contributed by atoms with van der Waals surface area (Å²) in [5.74, 6) is -0.759. The van der Waals surface area contributed by atoms with E-state index in [0.717, 1.165) is 19.3 Å². The lowest BCUT2D eigenvalue weighted by molar-refractivity contribution is -0.155. The number of hydrogen-bond donors (Lipinski definition) is 1. The van der Waals surface area contributed by atoms with Crippen LogP contribution in [0.25, 0.3) is 0 Å². The van der Waals surface area contributed by atoms with Crippen molar-refractivity contribution in [1.29, 1.82) is 0 Å². The van der Waals surface area contributed by atoms with Gasteiger partial charge in [0.05, 0.1) is 12.0 Å². The van der Waals surface area contributed by atoms with Crippen molar-refractivity contribution in [3.63, 3.8) is 0 Å². The van der Waals surface area contributed by atoms with Gasteiger partial charge in [0.2, 0.25) is 0 Å². The molecule has 2 bridgehead atoms. The van der Waals surface area contributed by atoms with Crippen molar-refractivity contribution < 1.29 is 19.4 Å². The second-order valence-corrected chi connectivity index (χ2v) is 7.09. The van der Waals surface area contributed by atoms with Crippen molar-refractivity contribution in [3.8, 4) is 0 Å². The van der Waals surface area contributed by atoms with E-state index in [9.17, 15) is 9.90 Å². The van der Waals surface area contributed by atoms with E-state index in [0.29, 0.717) is 12.0 Å². The van der Waals surface area contributed by atoms with Gasteiger partial charge in [0.1, 0.15) is 6.79 Å². The Kier molecular flexibility index (Phi) is 5.44. The number of ether oxygens (including phenoxy) is 2. The maximum Gasteiger partial charge on any atom is 0.309 e. The molecular formula is C17H28O4. The molecule has 1 fully saturated rings. The summed E-state index contributed by atoms with van der Waals surface area (Å²) in [4.78, 5) is 11.3. The molecule has 1 saturated carbocycles. The fourth-order valence-corrected chi connectivity index (χ4v) is 3.34. The van der Waals surface area contributed by atoms with E-state index in [1.807, 2.05) is 6.08 Å². The van der Waals surface area contributed by atoms with Gasteiger partial charge in [0.25, 0.3) is 0 Å². The van der Waals surface area contributed by atoms with Crippen molar-refractivity contribution in [3.05, 3.63) is 12.2 Å². The number of carboxylic acid groups (broad SMARTS) is 1. The Morgan fingerprint density at radius 2 is 2.05 bits per heavy atom. The number of allylic oxidation sites excluding steroid dienone is 1. The van der Waals surface area contributed by atoms with Crippen LogP contribution in [0.5, 0.6) is 0 Å². The van der Waals surface area contributed by atoms with E-state index < -0.39 is 11.9 Å². The summed E-state index contributed by atoms with van der Waals surface area (Å²) in [6, 6.07) is 0. The maximum absolute atomic E-state index is 11.3. The first-order valence-electron chi connectivity index (χ1n) is 8.05. The molecular weight excluding hydrogens is 268 g/mol. The Balaban J connectivity index is 1.65. The van der Waals surface area contributed by atoms with Crippen LogP contribution >= 0.6 is 0 Å². The van der Waals surface area contributed by atoms with Gasteiger partial charge in [-0.15, -0.1) is 0 Å². The minimum absolute atomic E-state index is 0.142. The number of carboxylic acids is 1. The molecule has 4 nitrogen and oxygen atoms in total. The molecule has 0 aliphatic heterocycles. The van der Waals surface area contributed by atoms with Crippen LogP contribution in [0.4, 0.5) is 0 Å². The first-order chi connectivity index (χ1) is 9.94. The highest BCUT2D eigenvalue weighted by Crippen LogP contribution is 2.45. The quantitative estimate of drug-likeness (QED) is 0.402. The molecule has 120 valence electrons. The summed E-state index contributed by atoms with van der Waals surface area (Å²) in [6.07, 6.45) is 8.13. The lowest BCUT2D eigenvalue weighted by atomic mass is 9.85. The molecule has 4 atom stereocenters. The third-order valence-electron chi connectivity index (χ3n) is 5.12. The van der Waals surface area contributed by atoms with Gasteiger partial charge in [-0.3, -0.25) is 4.79 Å². The van der Waals surface area contributed by atoms with E-state index in [-0.39, 0.29) is 24.7 Å². The first-order valence-corrected chi connectivity index (χ1v) is 8.05. The SMILES string of the molecule is CCC(C)(C)CCCOCOC1C2C=CC(C2)C1C(=O)O. The minimum atomic E-state index is -0.749. The zero-order valence-corrected chi connectivity index (χ0v) is 13.4. The smallest absolute Gasteiger partial charge is 0.309 e. The van der Waals surface area contributed by atoms with Gasteiger partial charge in [-0.05, 0) is 30.6 Å². The predicted molar refractivity (Wildman–Crippen MR) is 80.9 cm³/mol. The first kappa shape index (κ1) is 16.5. The predicted octanol–water partition coefficient (Wildman–Crippen LogP) is 3.47. The van der Waals surface area contributed by atoms with E-state index in [1.54, 1.807) is 0 Å². The molecule has 0 saturated heterocycles. The molecule has 0 heterocycles. The Morgan fingerprint density at radius 1 is 1.33 bits per heavy atom. The molecule has 0 radical (unpaired) electrons.